The second kappa shape index (κ2) is 13.0. The number of piperidine rings is 2. The molecule has 0 aliphatic carbocycles. The summed E-state index contributed by atoms with van der Waals surface area (Å²) in [5.74, 6) is 2.47. The van der Waals surface area contributed by atoms with E-state index in [2.05, 4.69) is 147 Å². The Bertz CT molecular complexity index is 1080. The van der Waals surface area contributed by atoms with E-state index >= 15 is 0 Å². The lowest BCUT2D eigenvalue weighted by Crippen LogP contribution is -2.63. The Morgan fingerprint density at radius 1 is 0.696 bits per heavy atom. The number of hydrogen-bond donors (Lipinski definition) is 1. The fourth-order valence-corrected chi connectivity index (χ4v) is 10.6. The van der Waals surface area contributed by atoms with Crippen molar-refractivity contribution >= 4 is 0 Å². The summed E-state index contributed by atoms with van der Waals surface area (Å²) in [4.78, 5) is 5.36. The van der Waals surface area contributed by atoms with Crippen LogP contribution in [0.3, 0.4) is 0 Å². The zero-order chi connectivity index (χ0) is 35.5. The quantitative estimate of drug-likeness (QED) is 0.291. The van der Waals surface area contributed by atoms with Gasteiger partial charge in [0.15, 0.2) is 0 Å². The van der Waals surface area contributed by atoms with Crippen molar-refractivity contribution in [3.8, 4) is 5.75 Å². The number of unbranched alkanes of at least 4 members (excludes halogenated alkanes) is 1. The van der Waals surface area contributed by atoms with Gasteiger partial charge in [0, 0.05) is 22.2 Å². The summed E-state index contributed by atoms with van der Waals surface area (Å²) in [6, 6.07) is 4.81. The maximum atomic E-state index is 11.7. The van der Waals surface area contributed by atoms with E-state index in [1.54, 1.807) is 0 Å². The Hall–Kier alpha value is -1.06. The van der Waals surface area contributed by atoms with E-state index < -0.39 is 0 Å². The molecule has 1 aromatic carbocycles. The largest absolute Gasteiger partial charge is 0.507 e. The Morgan fingerprint density at radius 2 is 1.04 bits per heavy atom. The number of rotatable bonds is 9. The van der Waals surface area contributed by atoms with Crippen molar-refractivity contribution in [2.24, 2.45) is 23.2 Å². The number of hydrogen-bond acceptors (Lipinski definition) is 3. The second-order valence-corrected chi connectivity index (χ2v) is 20.8. The number of benzene rings is 1. The highest BCUT2D eigenvalue weighted by Gasteiger charge is 2.55. The van der Waals surface area contributed by atoms with Crippen LogP contribution in [-0.2, 0) is 17.3 Å². The first-order valence-electron chi connectivity index (χ1n) is 19.0. The van der Waals surface area contributed by atoms with Crippen LogP contribution < -0.4 is 0 Å². The molecule has 266 valence electrons. The van der Waals surface area contributed by atoms with Crippen molar-refractivity contribution in [2.45, 2.75) is 202 Å². The van der Waals surface area contributed by atoms with Crippen molar-refractivity contribution in [1.82, 2.24) is 9.80 Å². The molecule has 3 rings (SSSR count). The van der Waals surface area contributed by atoms with Crippen LogP contribution in [0.5, 0.6) is 5.75 Å². The van der Waals surface area contributed by atoms with Gasteiger partial charge >= 0.3 is 0 Å². The lowest BCUT2D eigenvalue weighted by atomic mass is 9.51. The molecule has 2 aliphatic rings. The lowest BCUT2D eigenvalue weighted by Gasteiger charge is -2.62. The van der Waals surface area contributed by atoms with Crippen LogP contribution in [0.25, 0.3) is 0 Å². The summed E-state index contributed by atoms with van der Waals surface area (Å²) < 4.78 is 0. The SMILES string of the molecule is CCCCC(CC)(Cc1cc(C(C)(C)C)c(O)c(C(C)(C)C)c1)C(C1CC(C)(C)N(C)C(C)(C)C1)C1CC(C)(C)N(C)C(C)(C)C1. The molecule has 0 bridgehead atoms. The molecule has 0 spiro atoms. The predicted molar refractivity (Wildman–Crippen MR) is 202 cm³/mol. The van der Waals surface area contributed by atoms with Gasteiger partial charge in [0.05, 0.1) is 0 Å². The molecule has 2 aliphatic heterocycles. The molecule has 1 atom stereocenters. The van der Waals surface area contributed by atoms with Crippen LogP contribution in [0.2, 0.25) is 0 Å². The predicted octanol–water partition coefficient (Wildman–Crippen LogP) is 11.5. The maximum absolute atomic E-state index is 11.7. The monoisotopic (exact) mass is 639 g/mol. The van der Waals surface area contributed by atoms with E-state index in [1.165, 1.54) is 56.9 Å². The smallest absolute Gasteiger partial charge is 0.123 e. The summed E-state index contributed by atoms with van der Waals surface area (Å²) in [6.45, 7) is 38.5. The molecule has 1 N–H and O–H groups in total. The van der Waals surface area contributed by atoms with E-state index in [0.717, 1.165) is 17.5 Å². The molecule has 3 heteroatoms. The van der Waals surface area contributed by atoms with Gasteiger partial charge < -0.3 is 5.11 Å². The highest BCUT2D eigenvalue weighted by molar-refractivity contribution is 5.50. The van der Waals surface area contributed by atoms with E-state index in [1.807, 2.05) is 0 Å². The second-order valence-electron chi connectivity index (χ2n) is 20.8. The Labute approximate surface area is 287 Å². The molecule has 46 heavy (non-hydrogen) atoms. The van der Waals surface area contributed by atoms with Crippen molar-refractivity contribution in [3.63, 3.8) is 0 Å². The summed E-state index contributed by atoms with van der Waals surface area (Å²) in [7, 11) is 4.74. The molecule has 3 nitrogen and oxygen atoms in total. The maximum Gasteiger partial charge on any atom is 0.123 e. The molecule has 2 heterocycles. The first-order chi connectivity index (χ1) is 20.6. The summed E-state index contributed by atoms with van der Waals surface area (Å²) in [6.07, 6.45) is 11.1. The number of nitrogens with zero attached hydrogens (tertiary/aromatic N) is 2. The third kappa shape index (κ3) is 7.87. The van der Waals surface area contributed by atoms with Gasteiger partial charge in [-0.15, -0.1) is 0 Å². The Morgan fingerprint density at radius 3 is 1.33 bits per heavy atom. The van der Waals surface area contributed by atoms with E-state index in [0.29, 0.717) is 23.5 Å². The average Bonchev–Trinajstić information content (AvgIpc) is 2.88. The summed E-state index contributed by atoms with van der Waals surface area (Å²) in [5.41, 5.74) is 4.22. The van der Waals surface area contributed by atoms with Gasteiger partial charge in [-0.1, -0.05) is 80.4 Å². The third-order valence-electron chi connectivity index (χ3n) is 13.5. The van der Waals surface area contributed by atoms with Gasteiger partial charge in [-0.25, -0.2) is 0 Å². The summed E-state index contributed by atoms with van der Waals surface area (Å²) >= 11 is 0. The summed E-state index contributed by atoms with van der Waals surface area (Å²) in [5, 5.41) is 11.7. The van der Waals surface area contributed by atoms with Gasteiger partial charge in [0.1, 0.15) is 5.75 Å². The van der Waals surface area contributed by atoms with Gasteiger partial charge in [-0.3, -0.25) is 9.80 Å². The van der Waals surface area contributed by atoms with Gasteiger partial charge in [0.25, 0.3) is 0 Å². The van der Waals surface area contributed by atoms with Crippen molar-refractivity contribution in [1.29, 1.82) is 0 Å². The van der Waals surface area contributed by atoms with Crippen LogP contribution in [0, 0.1) is 23.2 Å². The molecular formula is C43H78N2O. The molecule has 0 radical (unpaired) electrons. The highest BCUT2D eigenvalue weighted by Crippen LogP contribution is 2.58. The fourth-order valence-electron chi connectivity index (χ4n) is 10.6. The first-order valence-corrected chi connectivity index (χ1v) is 19.0. The van der Waals surface area contributed by atoms with Gasteiger partial charge in [0.2, 0.25) is 0 Å². The van der Waals surface area contributed by atoms with Crippen molar-refractivity contribution < 1.29 is 5.11 Å². The van der Waals surface area contributed by atoms with Crippen molar-refractivity contribution in [2.75, 3.05) is 14.1 Å². The molecular weight excluding hydrogens is 560 g/mol. The van der Waals surface area contributed by atoms with Gasteiger partial charge in [-0.2, -0.15) is 0 Å². The van der Waals surface area contributed by atoms with Gasteiger partial charge in [-0.05, 0) is 165 Å². The molecule has 1 aromatic rings. The van der Waals surface area contributed by atoms with Crippen molar-refractivity contribution in [3.05, 3.63) is 28.8 Å². The minimum atomic E-state index is -0.123. The third-order valence-corrected chi connectivity index (χ3v) is 13.5. The van der Waals surface area contributed by atoms with Crippen LogP contribution in [-0.4, -0.2) is 51.2 Å². The highest BCUT2D eigenvalue weighted by atomic mass is 16.3. The van der Waals surface area contributed by atoms with E-state index in [9.17, 15) is 5.11 Å². The molecule has 1 unspecified atom stereocenters. The number of phenols is 1. The van der Waals surface area contributed by atoms with E-state index in [-0.39, 0.29) is 38.4 Å². The Kier molecular flexibility index (Phi) is 11.1. The number of phenolic OH excluding ortho intramolecular Hbond substituents is 1. The fraction of sp³-hybridized carbons (Fsp3) is 0.860. The normalized spacial score (nSPS) is 24.3. The minimum absolute atomic E-state index is 0.123. The molecule has 0 amide bonds. The van der Waals surface area contributed by atoms with E-state index in [4.69, 9.17) is 0 Å². The first kappa shape index (κ1) is 39.4. The van der Waals surface area contributed by atoms with Crippen LogP contribution in [0.4, 0.5) is 0 Å². The molecule has 0 aromatic heterocycles. The Balaban J connectivity index is 2.34. The van der Waals surface area contributed by atoms with Crippen LogP contribution in [0.1, 0.15) is 179 Å². The molecule has 2 fully saturated rings. The lowest BCUT2D eigenvalue weighted by molar-refractivity contribution is -0.117. The number of aromatic hydroxyl groups is 1. The van der Waals surface area contributed by atoms with Crippen LogP contribution in [0.15, 0.2) is 12.1 Å². The zero-order valence-corrected chi connectivity index (χ0v) is 34.1. The minimum Gasteiger partial charge on any atom is -0.507 e. The zero-order valence-electron chi connectivity index (χ0n) is 34.1. The van der Waals surface area contributed by atoms with Crippen LogP contribution >= 0.6 is 0 Å². The molecule has 0 saturated carbocycles. The number of likely N-dealkylation sites (tertiary alicyclic amines) is 2. The molecule has 2 saturated heterocycles. The average molecular weight is 639 g/mol. The topological polar surface area (TPSA) is 26.7 Å². The standard InChI is InChI=1S/C43H78N2O/c1-19-21-22-43(20-2,25-30-23-33(37(3,4)5)36(46)34(24-30)38(6,7)8)35(31-26-39(9,10)44(17)40(11,12)27-31)32-28-41(13,14)45(18)42(15,16)29-32/h23-24,31-32,35,46H,19-22,25-29H2,1-18H3.